The number of rotatable bonds is 6. The summed E-state index contributed by atoms with van der Waals surface area (Å²) in [6.07, 6.45) is 2.05. The van der Waals surface area contributed by atoms with Gasteiger partial charge in [-0.3, -0.25) is 4.79 Å². The Morgan fingerprint density at radius 1 is 0.967 bits per heavy atom. The third-order valence-electron chi connectivity index (χ3n) is 5.41. The quantitative estimate of drug-likeness (QED) is 0.320. The smallest absolute Gasteiger partial charge is 0.245 e. The van der Waals surface area contributed by atoms with Gasteiger partial charge < -0.3 is 21.7 Å². The Balaban J connectivity index is 0.00000256. The van der Waals surface area contributed by atoms with Crippen molar-refractivity contribution >= 4 is 16.8 Å². The topological polar surface area (TPSA) is 35.1 Å². The molecule has 0 saturated heterocycles. The number of ether oxygens (including phenoxy) is 1. The van der Waals surface area contributed by atoms with Crippen LogP contribution in [0.1, 0.15) is 27.0 Å². The van der Waals surface area contributed by atoms with Crippen LogP contribution in [0.4, 0.5) is 0 Å². The molecule has 0 radical (unpaired) electrons. The molecular weight excluding hydrogens is 440 g/mol. The van der Waals surface area contributed by atoms with E-state index in [0.29, 0.717) is 12.1 Å². The molecule has 0 aliphatic carbocycles. The molecule has 3 aromatic carbocycles. The molecule has 0 aliphatic heterocycles. The fourth-order valence-electron chi connectivity index (χ4n) is 3.59. The van der Waals surface area contributed by atoms with Gasteiger partial charge in [0.25, 0.3) is 0 Å². The molecular formula is C25H25BrN2O2. The van der Waals surface area contributed by atoms with Gasteiger partial charge in [0, 0.05) is 5.56 Å². The molecule has 5 heteroatoms. The number of Topliss-reactive ketones (excluding diaryl/α,β-unsaturated/α-hetero) is 1. The maximum Gasteiger partial charge on any atom is 0.245 e. The lowest BCUT2D eigenvalue weighted by molar-refractivity contribution is -0.663. The molecule has 4 aromatic rings. The second-order valence-electron chi connectivity index (χ2n) is 7.43. The minimum absolute atomic E-state index is 0. The molecule has 0 N–H and O–H groups in total. The van der Waals surface area contributed by atoms with E-state index in [0.717, 1.165) is 23.3 Å². The molecule has 0 spiro atoms. The van der Waals surface area contributed by atoms with Crippen molar-refractivity contribution in [1.29, 1.82) is 0 Å². The van der Waals surface area contributed by atoms with Crippen molar-refractivity contribution in [3.8, 4) is 5.75 Å². The van der Waals surface area contributed by atoms with Crippen molar-refractivity contribution in [2.24, 2.45) is 0 Å². The van der Waals surface area contributed by atoms with Crippen LogP contribution in [-0.4, -0.2) is 17.5 Å². The van der Waals surface area contributed by atoms with Gasteiger partial charge >= 0.3 is 0 Å². The van der Waals surface area contributed by atoms with Crippen LogP contribution in [0.25, 0.3) is 11.0 Å². The first-order valence-electron chi connectivity index (χ1n) is 9.76. The zero-order valence-electron chi connectivity index (χ0n) is 17.4. The third kappa shape index (κ3) is 4.46. The van der Waals surface area contributed by atoms with Gasteiger partial charge in [-0.25, -0.2) is 9.13 Å². The van der Waals surface area contributed by atoms with Crippen molar-refractivity contribution in [3.05, 3.63) is 95.3 Å². The molecule has 0 amide bonds. The normalized spacial score (nSPS) is 10.6. The molecule has 0 saturated carbocycles. The summed E-state index contributed by atoms with van der Waals surface area (Å²) < 4.78 is 9.46. The van der Waals surface area contributed by atoms with Crippen LogP contribution in [0.3, 0.4) is 0 Å². The Morgan fingerprint density at radius 2 is 1.63 bits per heavy atom. The molecule has 0 aliphatic rings. The fourth-order valence-corrected chi connectivity index (χ4v) is 3.59. The standard InChI is InChI=1S/C25H25N2O2.BrH/c1-18-13-23-24(14-19(18)2)27(17-26(23)15-20-7-5-4-6-8-20)16-25(28)21-9-11-22(29-3)12-10-21;/h4-14,17H,15-16H2,1-3H3;1H/q+1;/p-1. The van der Waals surface area contributed by atoms with Crippen LogP contribution >= 0.6 is 0 Å². The number of imidazole rings is 1. The summed E-state index contributed by atoms with van der Waals surface area (Å²) >= 11 is 0. The molecule has 1 aromatic heterocycles. The molecule has 0 unspecified atom stereocenters. The number of hydrogen-bond acceptors (Lipinski definition) is 2. The molecule has 1 heterocycles. The summed E-state index contributed by atoms with van der Waals surface area (Å²) in [5, 5.41) is 0. The first kappa shape index (κ1) is 21.8. The maximum atomic E-state index is 12.9. The Kier molecular flexibility index (Phi) is 6.73. The van der Waals surface area contributed by atoms with Crippen molar-refractivity contribution in [1.82, 2.24) is 4.57 Å². The third-order valence-corrected chi connectivity index (χ3v) is 5.41. The van der Waals surface area contributed by atoms with E-state index in [1.165, 1.54) is 16.7 Å². The van der Waals surface area contributed by atoms with Gasteiger partial charge in [0.1, 0.15) is 12.3 Å². The van der Waals surface area contributed by atoms with Crippen LogP contribution in [0.5, 0.6) is 5.75 Å². The van der Waals surface area contributed by atoms with E-state index in [1.54, 1.807) is 7.11 Å². The summed E-state index contributed by atoms with van der Waals surface area (Å²) in [4.78, 5) is 12.9. The molecule has 30 heavy (non-hydrogen) atoms. The van der Waals surface area contributed by atoms with Gasteiger partial charge in [-0.15, -0.1) is 0 Å². The zero-order valence-corrected chi connectivity index (χ0v) is 19.0. The van der Waals surface area contributed by atoms with E-state index in [9.17, 15) is 4.79 Å². The summed E-state index contributed by atoms with van der Waals surface area (Å²) in [7, 11) is 1.62. The van der Waals surface area contributed by atoms with Crippen LogP contribution in [-0.2, 0) is 13.1 Å². The van der Waals surface area contributed by atoms with Crippen molar-refractivity contribution in [2.45, 2.75) is 26.9 Å². The number of aromatic nitrogens is 2. The molecule has 4 rings (SSSR count). The van der Waals surface area contributed by atoms with Crippen molar-refractivity contribution in [3.63, 3.8) is 0 Å². The van der Waals surface area contributed by atoms with E-state index in [1.807, 2.05) is 30.3 Å². The van der Waals surface area contributed by atoms with Crippen LogP contribution in [0.15, 0.2) is 73.1 Å². The highest BCUT2D eigenvalue weighted by molar-refractivity contribution is 5.96. The van der Waals surface area contributed by atoms with Gasteiger partial charge in [-0.1, -0.05) is 30.3 Å². The Bertz CT molecular complexity index is 1170. The number of halogens is 1. The predicted molar refractivity (Wildman–Crippen MR) is 114 cm³/mol. The Morgan fingerprint density at radius 3 is 2.30 bits per heavy atom. The lowest BCUT2D eigenvalue weighted by atomic mass is 10.1. The largest absolute Gasteiger partial charge is 1.00 e. The SMILES string of the molecule is COc1ccc(C(=O)Cn2c[n+](Cc3ccccc3)c3cc(C)c(C)cc32)cc1.[Br-]. The van der Waals surface area contributed by atoms with Crippen molar-refractivity contribution < 1.29 is 31.1 Å². The van der Waals surface area contributed by atoms with E-state index in [-0.39, 0.29) is 22.8 Å². The minimum atomic E-state index is 0. The molecule has 0 atom stereocenters. The number of aryl methyl sites for hydroxylation is 2. The lowest BCUT2D eigenvalue weighted by Gasteiger charge is -2.03. The predicted octanol–water partition coefficient (Wildman–Crippen LogP) is 1.49. The summed E-state index contributed by atoms with van der Waals surface area (Å²) in [6.45, 7) is 5.30. The molecule has 0 fully saturated rings. The van der Waals surface area contributed by atoms with E-state index >= 15 is 0 Å². The van der Waals surface area contributed by atoms with Gasteiger partial charge in [-0.2, -0.15) is 0 Å². The van der Waals surface area contributed by atoms with Gasteiger partial charge in [0.2, 0.25) is 12.1 Å². The summed E-state index contributed by atoms with van der Waals surface area (Å²) in [5.74, 6) is 0.828. The Hall–Kier alpha value is -2.92. The second-order valence-corrected chi connectivity index (χ2v) is 7.43. The number of carbonyl (C=O) groups is 1. The number of carbonyl (C=O) groups excluding carboxylic acids is 1. The maximum absolute atomic E-state index is 12.9. The average Bonchev–Trinajstić information content (AvgIpc) is 3.05. The van der Waals surface area contributed by atoms with Gasteiger partial charge in [-0.05, 0) is 66.9 Å². The Labute approximate surface area is 187 Å². The number of methoxy groups -OCH3 is 1. The van der Waals surface area contributed by atoms with Crippen LogP contribution in [0, 0.1) is 13.8 Å². The number of nitrogens with zero attached hydrogens (tertiary/aromatic N) is 2. The fraction of sp³-hybridized carbons (Fsp3) is 0.200. The van der Waals surface area contributed by atoms with Gasteiger partial charge in [0.15, 0.2) is 17.6 Å². The first-order chi connectivity index (χ1) is 14.0. The summed E-state index contributed by atoms with van der Waals surface area (Å²) in [5.41, 5.74) is 6.60. The van der Waals surface area contributed by atoms with Gasteiger partial charge in [0.05, 0.1) is 7.11 Å². The highest BCUT2D eigenvalue weighted by Gasteiger charge is 2.20. The van der Waals surface area contributed by atoms with Crippen molar-refractivity contribution in [2.75, 3.05) is 7.11 Å². The van der Waals surface area contributed by atoms with Crippen LogP contribution in [0.2, 0.25) is 0 Å². The zero-order chi connectivity index (χ0) is 20.4. The molecule has 4 nitrogen and oxygen atoms in total. The first-order valence-corrected chi connectivity index (χ1v) is 9.76. The number of benzene rings is 3. The lowest BCUT2D eigenvalue weighted by Crippen LogP contribution is -3.00. The highest BCUT2D eigenvalue weighted by atomic mass is 79.9. The van der Waals surface area contributed by atoms with E-state index < -0.39 is 0 Å². The summed E-state index contributed by atoms with van der Waals surface area (Å²) in [6, 6.07) is 22.1. The highest BCUT2D eigenvalue weighted by Crippen LogP contribution is 2.19. The number of fused-ring (bicyclic) bond motifs is 1. The average molecular weight is 465 g/mol. The molecule has 0 bridgehead atoms. The minimum Gasteiger partial charge on any atom is -1.00 e. The molecule has 154 valence electrons. The van der Waals surface area contributed by atoms with Crippen LogP contribution < -0.4 is 26.3 Å². The monoisotopic (exact) mass is 464 g/mol. The second kappa shape index (κ2) is 9.26. The number of hydrogen-bond donors (Lipinski definition) is 0. The van der Waals surface area contributed by atoms with E-state index in [4.69, 9.17) is 4.74 Å². The number of ketones is 1. The van der Waals surface area contributed by atoms with E-state index in [2.05, 4.69) is 65.7 Å².